The van der Waals surface area contributed by atoms with Crippen molar-refractivity contribution in [2.75, 3.05) is 26.7 Å². The quantitative estimate of drug-likeness (QED) is 0.744. The van der Waals surface area contributed by atoms with Crippen LogP contribution in [0.4, 0.5) is 4.79 Å². The van der Waals surface area contributed by atoms with E-state index in [0.717, 1.165) is 51.7 Å². The average Bonchev–Trinajstić information content (AvgIpc) is 3.29. The fourth-order valence-corrected chi connectivity index (χ4v) is 6.87. The van der Waals surface area contributed by atoms with E-state index in [1.54, 1.807) is 4.90 Å². The van der Waals surface area contributed by atoms with E-state index < -0.39 is 10.0 Å². The van der Waals surface area contributed by atoms with Crippen LogP contribution in [0.3, 0.4) is 0 Å². The molecule has 2 aliphatic carbocycles. The molecule has 8 heteroatoms. The highest BCUT2D eigenvalue weighted by atomic mass is 32.2. The Morgan fingerprint density at radius 1 is 1.15 bits per heavy atom. The van der Waals surface area contributed by atoms with Crippen LogP contribution in [0.5, 0.6) is 0 Å². The minimum absolute atomic E-state index is 0.0200. The highest BCUT2D eigenvalue weighted by Crippen LogP contribution is 2.39. The lowest BCUT2D eigenvalue weighted by Gasteiger charge is -2.37. The minimum atomic E-state index is -3.32. The van der Waals surface area contributed by atoms with Gasteiger partial charge in [0.05, 0.1) is 17.3 Å². The molecule has 3 atom stereocenters. The van der Waals surface area contributed by atoms with Gasteiger partial charge in [0.2, 0.25) is 10.0 Å². The molecule has 7 nitrogen and oxygen atoms in total. The molecule has 2 aliphatic heterocycles. The molecule has 0 radical (unpaired) electrons. The normalized spacial score (nSPS) is 34.8. The number of hydrogen-bond acceptors (Lipinski definition) is 4. The highest BCUT2D eigenvalue weighted by Gasteiger charge is 2.51. The van der Waals surface area contributed by atoms with E-state index in [-0.39, 0.29) is 28.9 Å². The van der Waals surface area contributed by atoms with Gasteiger partial charge in [-0.3, -0.25) is 0 Å². The number of fused-ring (bicyclic) bond motifs is 1. The first kappa shape index (κ1) is 18.5. The van der Waals surface area contributed by atoms with Crippen molar-refractivity contribution in [2.24, 2.45) is 5.92 Å². The number of nitrogens with one attached hydrogen (secondary N) is 2. The zero-order valence-corrected chi connectivity index (χ0v) is 16.7. The SMILES string of the molecule is CN1C(=O)N(CC2CCNCC2)C2CCC(S(=O)(=O)NC3(C)CC3)CC21. The highest BCUT2D eigenvalue weighted by molar-refractivity contribution is 7.90. The standard InChI is InChI=1S/C18H32N4O3S/c1-18(7-8-18)20-26(24,25)14-3-4-15-16(11-14)21(2)17(23)22(15)12-13-5-9-19-10-6-13/h13-16,19-20H,3-12H2,1-2H3. The summed E-state index contributed by atoms with van der Waals surface area (Å²) in [6.45, 7) is 4.85. The summed E-state index contributed by atoms with van der Waals surface area (Å²) in [5, 5.41) is 3.00. The van der Waals surface area contributed by atoms with Crippen LogP contribution in [-0.2, 0) is 10.0 Å². The topological polar surface area (TPSA) is 81.8 Å². The van der Waals surface area contributed by atoms with Gasteiger partial charge in [0.25, 0.3) is 0 Å². The molecular formula is C18H32N4O3S. The molecule has 2 amide bonds. The van der Waals surface area contributed by atoms with Gasteiger partial charge in [-0.2, -0.15) is 0 Å². The van der Waals surface area contributed by atoms with Crippen LogP contribution in [0, 0.1) is 5.92 Å². The summed E-state index contributed by atoms with van der Waals surface area (Å²) in [6.07, 6.45) is 6.07. The van der Waals surface area contributed by atoms with Crippen LogP contribution in [0.15, 0.2) is 0 Å². The third-order valence-corrected chi connectivity index (χ3v) is 9.00. The van der Waals surface area contributed by atoms with Crippen molar-refractivity contribution in [1.29, 1.82) is 0 Å². The molecule has 0 aromatic heterocycles. The third-order valence-electron chi connectivity index (χ3n) is 6.92. The molecule has 4 aliphatic rings. The molecule has 26 heavy (non-hydrogen) atoms. The van der Waals surface area contributed by atoms with Crippen LogP contribution < -0.4 is 10.0 Å². The fraction of sp³-hybridized carbons (Fsp3) is 0.944. The van der Waals surface area contributed by atoms with Crippen molar-refractivity contribution in [3.05, 3.63) is 0 Å². The van der Waals surface area contributed by atoms with Gasteiger partial charge in [0.1, 0.15) is 0 Å². The van der Waals surface area contributed by atoms with E-state index in [0.29, 0.717) is 18.8 Å². The van der Waals surface area contributed by atoms with Crippen molar-refractivity contribution >= 4 is 16.1 Å². The van der Waals surface area contributed by atoms with Crippen molar-refractivity contribution < 1.29 is 13.2 Å². The Morgan fingerprint density at radius 2 is 1.85 bits per heavy atom. The van der Waals surface area contributed by atoms with E-state index in [2.05, 4.69) is 10.0 Å². The maximum Gasteiger partial charge on any atom is 0.320 e. The third kappa shape index (κ3) is 3.47. The molecule has 0 spiro atoms. The summed E-state index contributed by atoms with van der Waals surface area (Å²) in [5.41, 5.74) is -0.228. The van der Waals surface area contributed by atoms with Crippen LogP contribution in [-0.4, -0.2) is 73.8 Å². The number of piperidine rings is 1. The van der Waals surface area contributed by atoms with Crippen LogP contribution in [0.1, 0.15) is 51.9 Å². The second kappa shape index (κ2) is 6.63. The molecule has 2 heterocycles. The molecule has 0 bridgehead atoms. The zero-order valence-electron chi connectivity index (χ0n) is 15.9. The smallest absolute Gasteiger partial charge is 0.320 e. The maximum atomic E-state index is 12.8. The van der Waals surface area contributed by atoms with E-state index >= 15 is 0 Å². The summed E-state index contributed by atoms with van der Waals surface area (Å²) < 4.78 is 28.5. The predicted octanol–water partition coefficient (Wildman–Crippen LogP) is 1.12. The maximum absolute atomic E-state index is 12.8. The molecule has 2 saturated heterocycles. The Labute approximate surface area is 156 Å². The minimum Gasteiger partial charge on any atom is -0.323 e. The summed E-state index contributed by atoms with van der Waals surface area (Å²) in [5.74, 6) is 0.560. The molecule has 3 unspecified atom stereocenters. The number of hydrogen-bond donors (Lipinski definition) is 2. The van der Waals surface area contributed by atoms with Gasteiger partial charge in [-0.25, -0.2) is 17.9 Å². The first-order valence-electron chi connectivity index (χ1n) is 10.1. The number of carbonyl (C=O) groups excluding carboxylic acids is 1. The largest absolute Gasteiger partial charge is 0.323 e. The van der Waals surface area contributed by atoms with E-state index in [4.69, 9.17) is 0 Å². The van der Waals surface area contributed by atoms with Crippen LogP contribution >= 0.6 is 0 Å². The number of carbonyl (C=O) groups is 1. The summed E-state index contributed by atoms with van der Waals surface area (Å²) in [7, 11) is -1.48. The monoisotopic (exact) mass is 384 g/mol. The number of rotatable bonds is 5. The summed E-state index contributed by atoms with van der Waals surface area (Å²) in [6, 6.07) is 0.274. The number of nitrogens with zero attached hydrogens (tertiary/aromatic N) is 2. The van der Waals surface area contributed by atoms with Crippen molar-refractivity contribution in [3.63, 3.8) is 0 Å². The van der Waals surface area contributed by atoms with Crippen molar-refractivity contribution in [2.45, 2.75) is 74.7 Å². The molecule has 148 valence electrons. The first-order valence-corrected chi connectivity index (χ1v) is 11.6. The summed E-state index contributed by atoms with van der Waals surface area (Å²) >= 11 is 0. The van der Waals surface area contributed by atoms with Crippen molar-refractivity contribution in [3.8, 4) is 0 Å². The molecule has 0 aromatic carbocycles. The molecule has 2 saturated carbocycles. The van der Waals surface area contributed by atoms with Gasteiger partial charge in [-0.15, -0.1) is 0 Å². The first-order chi connectivity index (χ1) is 12.3. The number of amides is 2. The Balaban J connectivity index is 1.43. The van der Waals surface area contributed by atoms with Crippen molar-refractivity contribution in [1.82, 2.24) is 19.8 Å². The number of likely N-dealkylation sites (N-methyl/N-ethyl adjacent to an activating group) is 1. The molecule has 4 fully saturated rings. The van der Waals surface area contributed by atoms with Gasteiger partial charge in [0, 0.05) is 19.1 Å². The Bertz CT molecular complexity index is 657. The Kier molecular flexibility index (Phi) is 4.72. The van der Waals surface area contributed by atoms with Crippen LogP contribution in [0.25, 0.3) is 0 Å². The van der Waals surface area contributed by atoms with E-state index in [1.165, 1.54) is 0 Å². The zero-order chi connectivity index (χ0) is 18.5. The van der Waals surface area contributed by atoms with E-state index in [1.807, 2.05) is 18.9 Å². The lowest BCUT2D eigenvalue weighted by Crippen LogP contribution is -2.50. The lowest BCUT2D eigenvalue weighted by atomic mass is 9.89. The van der Waals surface area contributed by atoms with Gasteiger partial charge < -0.3 is 15.1 Å². The predicted molar refractivity (Wildman–Crippen MR) is 100 cm³/mol. The fourth-order valence-electron chi connectivity index (χ4n) is 4.91. The number of urea groups is 1. The Hall–Kier alpha value is -0.860. The van der Waals surface area contributed by atoms with Gasteiger partial charge in [0.15, 0.2) is 0 Å². The molecule has 0 aromatic rings. The van der Waals surface area contributed by atoms with Gasteiger partial charge in [-0.05, 0) is 70.9 Å². The molecule has 2 N–H and O–H groups in total. The summed E-state index contributed by atoms with van der Waals surface area (Å²) in [4.78, 5) is 16.7. The van der Waals surface area contributed by atoms with Gasteiger partial charge in [-0.1, -0.05) is 0 Å². The molecule has 4 rings (SSSR count). The average molecular weight is 385 g/mol. The second-order valence-electron chi connectivity index (χ2n) is 9.02. The molecular weight excluding hydrogens is 352 g/mol. The number of sulfonamides is 1. The van der Waals surface area contributed by atoms with Crippen LogP contribution in [0.2, 0.25) is 0 Å². The van der Waals surface area contributed by atoms with E-state index in [9.17, 15) is 13.2 Å². The lowest BCUT2D eigenvalue weighted by molar-refractivity contribution is 0.166. The Morgan fingerprint density at radius 3 is 2.50 bits per heavy atom. The van der Waals surface area contributed by atoms with Gasteiger partial charge >= 0.3 is 6.03 Å². The second-order valence-corrected chi connectivity index (χ2v) is 11.0.